The molecule has 0 bridgehead atoms. The highest BCUT2D eigenvalue weighted by Crippen LogP contribution is 2.15. The second-order valence-electron chi connectivity index (χ2n) is 5.87. The number of anilines is 1. The van der Waals surface area contributed by atoms with Crippen LogP contribution in [0.2, 0.25) is 0 Å². The standard InChI is InChI=1S/C13H20N8O3/c1-3-23-13(22)10-9(8-20-6-4-19(2)5-7-20)21(18-15-10)12-11(14)16-24-17-12/h3-8H2,1-2H3,(H2,14,16)/p+2. The summed E-state index contributed by atoms with van der Waals surface area (Å²) >= 11 is 0. The van der Waals surface area contributed by atoms with E-state index in [1.807, 2.05) is 0 Å². The summed E-state index contributed by atoms with van der Waals surface area (Å²) in [6.07, 6.45) is 0. The van der Waals surface area contributed by atoms with Gasteiger partial charge in [-0.2, -0.15) is 4.68 Å². The summed E-state index contributed by atoms with van der Waals surface area (Å²) in [5, 5.41) is 15.3. The Morgan fingerprint density at radius 1 is 1.33 bits per heavy atom. The van der Waals surface area contributed by atoms with Crippen LogP contribution in [0.4, 0.5) is 5.82 Å². The summed E-state index contributed by atoms with van der Waals surface area (Å²) in [4.78, 5) is 15.0. The highest BCUT2D eigenvalue weighted by atomic mass is 16.6. The summed E-state index contributed by atoms with van der Waals surface area (Å²) in [6.45, 7) is 6.70. The molecule has 0 aliphatic carbocycles. The molecule has 4 N–H and O–H groups in total. The van der Waals surface area contributed by atoms with Gasteiger partial charge in [-0.15, -0.1) is 5.10 Å². The third-order valence-electron chi connectivity index (χ3n) is 4.16. The van der Waals surface area contributed by atoms with E-state index in [9.17, 15) is 4.79 Å². The molecule has 0 radical (unpaired) electrons. The lowest BCUT2D eigenvalue weighted by Gasteiger charge is -2.27. The maximum atomic E-state index is 12.2. The Kier molecular flexibility index (Phi) is 4.71. The van der Waals surface area contributed by atoms with Gasteiger partial charge >= 0.3 is 5.97 Å². The number of hydrogen-bond acceptors (Lipinski definition) is 8. The Bertz CT molecular complexity index is 704. The molecule has 2 aromatic heterocycles. The predicted octanol–water partition coefficient (Wildman–Crippen LogP) is -3.68. The van der Waals surface area contributed by atoms with Crippen LogP contribution in [0.15, 0.2) is 4.63 Å². The number of carbonyl (C=O) groups excluding carboxylic acids is 1. The first-order valence-electron chi connectivity index (χ1n) is 7.95. The SMILES string of the molecule is CCOC(=O)c1nnn(-c2nonc2N)c1C[NH+]1CC[NH+](C)CC1. The van der Waals surface area contributed by atoms with Gasteiger partial charge in [0.05, 0.1) is 13.7 Å². The number of hydrogen-bond donors (Lipinski definition) is 3. The predicted molar refractivity (Wildman–Crippen MR) is 80.6 cm³/mol. The zero-order valence-electron chi connectivity index (χ0n) is 13.8. The fourth-order valence-electron chi connectivity index (χ4n) is 2.77. The minimum absolute atomic E-state index is 0.0920. The molecule has 3 rings (SSSR count). The van der Waals surface area contributed by atoms with E-state index in [1.165, 1.54) is 14.5 Å². The lowest BCUT2D eigenvalue weighted by atomic mass is 10.2. The fourth-order valence-corrected chi connectivity index (χ4v) is 2.77. The minimum Gasteiger partial charge on any atom is -0.461 e. The Morgan fingerprint density at radius 2 is 2.08 bits per heavy atom. The minimum atomic E-state index is -0.507. The van der Waals surface area contributed by atoms with E-state index in [4.69, 9.17) is 10.5 Å². The molecule has 0 amide bonds. The smallest absolute Gasteiger partial charge is 0.361 e. The van der Waals surface area contributed by atoms with E-state index >= 15 is 0 Å². The molecule has 1 aliphatic heterocycles. The lowest BCUT2D eigenvalue weighted by Crippen LogP contribution is -3.26. The Balaban J connectivity index is 1.92. The van der Waals surface area contributed by atoms with E-state index in [0.29, 0.717) is 12.2 Å². The number of rotatable bonds is 5. The van der Waals surface area contributed by atoms with Gasteiger partial charge in [0.25, 0.3) is 0 Å². The van der Waals surface area contributed by atoms with Gasteiger partial charge in [-0.3, -0.25) is 0 Å². The zero-order valence-corrected chi connectivity index (χ0v) is 13.8. The van der Waals surface area contributed by atoms with Crippen LogP contribution in [0.3, 0.4) is 0 Å². The summed E-state index contributed by atoms with van der Waals surface area (Å²) < 4.78 is 11.1. The Hall–Kier alpha value is -2.53. The molecule has 0 saturated carbocycles. The van der Waals surface area contributed by atoms with Crippen molar-refractivity contribution in [1.29, 1.82) is 0 Å². The molecule has 1 saturated heterocycles. The molecule has 0 spiro atoms. The van der Waals surface area contributed by atoms with Gasteiger partial charge in [0.1, 0.15) is 38.4 Å². The van der Waals surface area contributed by atoms with Crippen molar-refractivity contribution in [3.05, 3.63) is 11.4 Å². The second kappa shape index (κ2) is 6.93. The van der Waals surface area contributed by atoms with Crippen LogP contribution >= 0.6 is 0 Å². The summed E-state index contributed by atoms with van der Waals surface area (Å²) in [6, 6.07) is 0. The summed E-state index contributed by atoms with van der Waals surface area (Å²) in [7, 11) is 2.17. The van der Waals surface area contributed by atoms with Crippen molar-refractivity contribution in [3.63, 3.8) is 0 Å². The van der Waals surface area contributed by atoms with E-state index in [0.717, 1.165) is 26.2 Å². The van der Waals surface area contributed by atoms with Crippen LogP contribution in [-0.4, -0.2) is 71.1 Å². The molecule has 11 nitrogen and oxygen atoms in total. The number of nitrogens with zero attached hydrogens (tertiary/aromatic N) is 5. The van der Waals surface area contributed by atoms with Gasteiger partial charge in [-0.05, 0) is 17.2 Å². The number of quaternary nitrogens is 2. The van der Waals surface area contributed by atoms with Gasteiger partial charge in [0.15, 0.2) is 5.69 Å². The molecule has 24 heavy (non-hydrogen) atoms. The number of nitrogens with two attached hydrogens (primary N) is 1. The third-order valence-corrected chi connectivity index (χ3v) is 4.16. The number of aromatic nitrogens is 5. The number of piperazine rings is 1. The van der Waals surface area contributed by atoms with Crippen LogP contribution in [0, 0.1) is 0 Å². The summed E-state index contributed by atoms with van der Waals surface area (Å²) in [5.41, 5.74) is 6.54. The van der Waals surface area contributed by atoms with Gasteiger partial charge in [-0.1, -0.05) is 5.21 Å². The average Bonchev–Trinajstić information content (AvgIpc) is 3.16. The molecular formula is C13H22N8O3+2. The van der Waals surface area contributed by atoms with E-state index in [1.54, 1.807) is 6.92 Å². The highest BCUT2D eigenvalue weighted by molar-refractivity contribution is 5.88. The lowest BCUT2D eigenvalue weighted by molar-refractivity contribution is -1.01. The monoisotopic (exact) mass is 338 g/mol. The molecule has 1 fully saturated rings. The average molecular weight is 338 g/mol. The topological polar surface area (TPSA) is 131 Å². The third kappa shape index (κ3) is 3.21. The van der Waals surface area contributed by atoms with Gasteiger partial charge in [-0.25, -0.2) is 9.42 Å². The number of nitrogens with one attached hydrogen (secondary N) is 2. The summed E-state index contributed by atoms with van der Waals surface area (Å²) in [5.74, 6) is -0.186. The number of esters is 1. The number of likely N-dealkylation sites (N-methyl/N-ethyl adjacent to an activating group) is 1. The van der Waals surface area contributed by atoms with Crippen molar-refractivity contribution in [2.24, 2.45) is 0 Å². The second-order valence-corrected chi connectivity index (χ2v) is 5.87. The van der Waals surface area contributed by atoms with Crippen LogP contribution in [0.5, 0.6) is 0 Å². The highest BCUT2D eigenvalue weighted by Gasteiger charge is 2.29. The molecule has 3 heterocycles. The van der Waals surface area contributed by atoms with Crippen molar-refractivity contribution >= 4 is 11.8 Å². The maximum absolute atomic E-state index is 12.2. The molecule has 0 atom stereocenters. The zero-order chi connectivity index (χ0) is 17.1. The van der Waals surface area contributed by atoms with Crippen molar-refractivity contribution in [3.8, 4) is 5.82 Å². The number of carbonyl (C=O) groups is 1. The molecule has 0 unspecified atom stereocenters. The van der Waals surface area contributed by atoms with Crippen molar-refractivity contribution in [1.82, 2.24) is 25.3 Å². The van der Waals surface area contributed by atoms with Crippen LogP contribution in [0.25, 0.3) is 5.82 Å². The normalized spacial score (nSPS) is 20.9. The maximum Gasteiger partial charge on any atom is 0.361 e. The Morgan fingerprint density at radius 3 is 2.71 bits per heavy atom. The number of nitrogen functional groups attached to an aromatic ring is 1. The molecule has 1 aliphatic rings. The van der Waals surface area contributed by atoms with Gasteiger partial charge in [0, 0.05) is 0 Å². The van der Waals surface area contributed by atoms with Crippen LogP contribution in [-0.2, 0) is 11.3 Å². The molecule has 2 aromatic rings. The van der Waals surface area contributed by atoms with Gasteiger partial charge < -0.3 is 20.3 Å². The van der Waals surface area contributed by atoms with Crippen molar-refractivity contribution in [2.45, 2.75) is 13.5 Å². The van der Waals surface area contributed by atoms with Gasteiger partial charge in [0.2, 0.25) is 11.6 Å². The first-order chi connectivity index (χ1) is 11.6. The largest absolute Gasteiger partial charge is 0.461 e. The van der Waals surface area contributed by atoms with Crippen LogP contribution < -0.4 is 15.5 Å². The fraction of sp³-hybridized carbons (Fsp3) is 0.615. The Labute approximate surface area is 138 Å². The van der Waals surface area contributed by atoms with E-state index in [2.05, 4.69) is 32.3 Å². The molecule has 11 heteroatoms. The quantitative estimate of drug-likeness (QED) is 0.475. The van der Waals surface area contributed by atoms with Crippen LogP contribution in [0.1, 0.15) is 23.1 Å². The molecular weight excluding hydrogens is 316 g/mol. The number of ether oxygens (including phenoxy) is 1. The van der Waals surface area contributed by atoms with Crippen molar-refractivity contribution < 1.29 is 24.0 Å². The first kappa shape index (κ1) is 16.3. The molecule has 130 valence electrons. The van der Waals surface area contributed by atoms with E-state index in [-0.39, 0.29) is 23.9 Å². The molecule has 0 aromatic carbocycles. The van der Waals surface area contributed by atoms with Crippen molar-refractivity contribution in [2.75, 3.05) is 45.6 Å². The van der Waals surface area contributed by atoms with E-state index < -0.39 is 5.97 Å². The first-order valence-corrected chi connectivity index (χ1v) is 7.95.